The Kier molecular flexibility index (Phi) is 8.67. The predicted octanol–water partition coefficient (Wildman–Crippen LogP) is 3.10. The summed E-state index contributed by atoms with van der Waals surface area (Å²) in [7, 11) is 0. The topological polar surface area (TPSA) is 39.3 Å². The molecule has 4 rings (SSSR count). The van der Waals surface area contributed by atoms with Gasteiger partial charge >= 0.3 is 0 Å². The summed E-state index contributed by atoms with van der Waals surface area (Å²) < 4.78 is 5.61. The second kappa shape index (κ2) is 11.7. The van der Waals surface area contributed by atoms with Crippen LogP contribution >= 0.6 is 0 Å². The molecule has 3 saturated heterocycles. The van der Waals surface area contributed by atoms with Crippen LogP contribution in [0.1, 0.15) is 38.7 Å². The molecule has 0 unspecified atom stereocenters. The van der Waals surface area contributed by atoms with Crippen LogP contribution in [0.3, 0.4) is 0 Å². The minimum absolute atomic E-state index is 0.347. The number of nitrogens with zero attached hydrogens (tertiary/aromatic N) is 4. The summed E-state index contributed by atoms with van der Waals surface area (Å²) in [5.74, 6) is 1.62. The van der Waals surface area contributed by atoms with Crippen molar-refractivity contribution in [3.8, 4) is 0 Å². The van der Waals surface area contributed by atoms with Gasteiger partial charge in [-0.3, -0.25) is 9.69 Å². The van der Waals surface area contributed by atoms with Crippen LogP contribution in [-0.2, 0) is 9.53 Å². The van der Waals surface area contributed by atoms with Gasteiger partial charge in [0.15, 0.2) is 0 Å². The number of piperidine rings is 1. The summed E-state index contributed by atoms with van der Waals surface area (Å²) in [5.41, 5.74) is 2.56. The molecule has 3 fully saturated rings. The molecular formula is C27H44N4O2. The highest BCUT2D eigenvalue weighted by atomic mass is 16.5. The molecule has 2 atom stereocenters. The molecule has 6 heteroatoms. The fourth-order valence-corrected chi connectivity index (χ4v) is 5.89. The number of aryl methyl sites for hydroxylation is 1. The number of carbonyl (C=O) groups is 1. The summed E-state index contributed by atoms with van der Waals surface area (Å²) >= 11 is 0. The van der Waals surface area contributed by atoms with Gasteiger partial charge in [0, 0.05) is 70.5 Å². The molecule has 3 aliphatic rings. The second-order valence-electron chi connectivity index (χ2n) is 10.7. The van der Waals surface area contributed by atoms with Gasteiger partial charge in [0.1, 0.15) is 0 Å². The Morgan fingerprint density at radius 3 is 2.36 bits per heavy atom. The van der Waals surface area contributed by atoms with Gasteiger partial charge in [0.05, 0.1) is 13.2 Å². The Bertz CT molecular complexity index is 739. The van der Waals surface area contributed by atoms with Crippen LogP contribution in [0.5, 0.6) is 0 Å². The fourth-order valence-electron chi connectivity index (χ4n) is 5.89. The molecule has 0 bridgehead atoms. The Hall–Kier alpha value is -1.63. The molecule has 6 nitrogen and oxygen atoms in total. The lowest BCUT2D eigenvalue weighted by Crippen LogP contribution is -2.54. The largest absolute Gasteiger partial charge is 0.379 e. The summed E-state index contributed by atoms with van der Waals surface area (Å²) in [6.07, 6.45) is 2.92. The number of piperazine rings is 1. The van der Waals surface area contributed by atoms with Crippen molar-refractivity contribution in [3.05, 3.63) is 29.8 Å². The lowest BCUT2D eigenvalue weighted by molar-refractivity contribution is -0.132. The number of likely N-dealkylation sites (tertiary alicyclic amines) is 1. The standard InChI is InChI=1S/C27H44N4O2/c1-22(2)20-28-11-10-26(30-16-18-33-19-17-30)24(21-28)6-9-27(32)31-14-12-29(13-15-31)25-7-4-23(3)5-8-25/h4-5,7-8,22,24,26H,6,9-21H2,1-3H3/t24-,26+/m1/s1. The van der Waals surface area contributed by atoms with E-state index in [-0.39, 0.29) is 0 Å². The molecular weight excluding hydrogens is 412 g/mol. The molecule has 1 amide bonds. The first kappa shape index (κ1) is 24.5. The lowest BCUT2D eigenvalue weighted by Gasteiger charge is -2.45. The van der Waals surface area contributed by atoms with Gasteiger partial charge < -0.3 is 19.4 Å². The molecule has 33 heavy (non-hydrogen) atoms. The summed E-state index contributed by atoms with van der Waals surface area (Å²) in [5, 5.41) is 0. The number of ether oxygens (including phenoxy) is 1. The van der Waals surface area contributed by atoms with Crippen LogP contribution < -0.4 is 4.90 Å². The van der Waals surface area contributed by atoms with E-state index in [0.29, 0.717) is 30.2 Å². The lowest BCUT2D eigenvalue weighted by atomic mass is 9.86. The molecule has 0 aromatic heterocycles. The summed E-state index contributed by atoms with van der Waals surface area (Å²) in [6, 6.07) is 9.34. The van der Waals surface area contributed by atoms with Crippen LogP contribution in [0.15, 0.2) is 24.3 Å². The molecule has 0 N–H and O–H groups in total. The number of hydrogen-bond donors (Lipinski definition) is 0. The first-order valence-corrected chi connectivity index (χ1v) is 13.1. The molecule has 184 valence electrons. The Morgan fingerprint density at radius 2 is 1.70 bits per heavy atom. The van der Waals surface area contributed by atoms with E-state index in [4.69, 9.17) is 4.74 Å². The first-order chi connectivity index (χ1) is 16.0. The van der Waals surface area contributed by atoms with E-state index in [1.54, 1.807) is 0 Å². The van der Waals surface area contributed by atoms with Crippen LogP contribution in [-0.4, -0.2) is 98.8 Å². The average molecular weight is 457 g/mol. The maximum Gasteiger partial charge on any atom is 0.222 e. The van der Waals surface area contributed by atoms with Crippen molar-refractivity contribution < 1.29 is 9.53 Å². The number of amides is 1. The molecule has 1 aromatic carbocycles. The van der Waals surface area contributed by atoms with Crippen molar-refractivity contribution in [3.63, 3.8) is 0 Å². The minimum atomic E-state index is 0.347. The Morgan fingerprint density at radius 1 is 1.00 bits per heavy atom. The highest BCUT2D eigenvalue weighted by molar-refractivity contribution is 5.76. The van der Waals surface area contributed by atoms with E-state index < -0.39 is 0 Å². The fraction of sp³-hybridized carbons (Fsp3) is 0.741. The van der Waals surface area contributed by atoms with Gasteiger partial charge in [-0.2, -0.15) is 0 Å². The zero-order chi connectivity index (χ0) is 23.2. The number of anilines is 1. The van der Waals surface area contributed by atoms with Crippen molar-refractivity contribution in [2.45, 2.75) is 46.1 Å². The Labute approximate surface area is 200 Å². The van der Waals surface area contributed by atoms with Crippen molar-refractivity contribution in [1.29, 1.82) is 0 Å². The average Bonchev–Trinajstić information content (AvgIpc) is 2.83. The molecule has 0 aliphatic carbocycles. The van der Waals surface area contributed by atoms with Crippen molar-refractivity contribution in [1.82, 2.24) is 14.7 Å². The van der Waals surface area contributed by atoms with Crippen LogP contribution in [0.4, 0.5) is 5.69 Å². The molecule has 3 heterocycles. The normalized spacial score (nSPS) is 25.6. The van der Waals surface area contributed by atoms with Crippen molar-refractivity contribution in [2.24, 2.45) is 11.8 Å². The number of morpholine rings is 1. The van der Waals surface area contributed by atoms with Gasteiger partial charge in [0.25, 0.3) is 0 Å². The SMILES string of the molecule is Cc1ccc(N2CCN(C(=O)CC[C@@H]3CN(CC(C)C)CC[C@@H]3N3CCOCC3)CC2)cc1. The molecule has 0 spiro atoms. The molecule has 3 aliphatic heterocycles. The predicted molar refractivity (Wildman–Crippen MR) is 135 cm³/mol. The van der Waals surface area contributed by atoms with Gasteiger partial charge in [-0.25, -0.2) is 0 Å². The van der Waals surface area contributed by atoms with Crippen LogP contribution in [0.2, 0.25) is 0 Å². The van der Waals surface area contributed by atoms with E-state index in [2.05, 4.69) is 64.6 Å². The molecule has 0 radical (unpaired) electrons. The molecule has 0 saturated carbocycles. The quantitative estimate of drug-likeness (QED) is 0.631. The zero-order valence-corrected chi connectivity index (χ0v) is 21.0. The van der Waals surface area contributed by atoms with Gasteiger partial charge in [-0.15, -0.1) is 0 Å². The monoisotopic (exact) mass is 456 g/mol. The van der Waals surface area contributed by atoms with Gasteiger partial charge in [0.2, 0.25) is 5.91 Å². The van der Waals surface area contributed by atoms with Crippen LogP contribution in [0.25, 0.3) is 0 Å². The van der Waals surface area contributed by atoms with Gasteiger partial charge in [-0.05, 0) is 50.3 Å². The second-order valence-corrected chi connectivity index (χ2v) is 10.7. The third kappa shape index (κ3) is 6.71. The number of hydrogen-bond acceptors (Lipinski definition) is 5. The third-order valence-electron chi connectivity index (χ3n) is 7.68. The number of benzene rings is 1. The highest BCUT2D eigenvalue weighted by Gasteiger charge is 2.34. The molecule has 1 aromatic rings. The van der Waals surface area contributed by atoms with Crippen LogP contribution in [0, 0.1) is 18.8 Å². The van der Waals surface area contributed by atoms with E-state index in [1.165, 1.54) is 30.8 Å². The van der Waals surface area contributed by atoms with E-state index in [1.807, 2.05) is 0 Å². The number of carbonyl (C=O) groups excluding carboxylic acids is 1. The first-order valence-electron chi connectivity index (χ1n) is 13.1. The Balaban J connectivity index is 1.29. The maximum absolute atomic E-state index is 13.1. The smallest absolute Gasteiger partial charge is 0.222 e. The third-order valence-corrected chi connectivity index (χ3v) is 7.68. The summed E-state index contributed by atoms with van der Waals surface area (Å²) in [6.45, 7) is 17.5. The zero-order valence-electron chi connectivity index (χ0n) is 21.0. The van der Waals surface area contributed by atoms with E-state index >= 15 is 0 Å². The van der Waals surface area contributed by atoms with Crippen molar-refractivity contribution >= 4 is 11.6 Å². The summed E-state index contributed by atoms with van der Waals surface area (Å²) in [4.78, 5) is 22.9. The maximum atomic E-state index is 13.1. The number of rotatable bonds is 7. The van der Waals surface area contributed by atoms with E-state index in [9.17, 15) is 4.79 Å². The minimum Gasteiger partial charge on any atom is -0.379 e. The van der Waals surface area contributed by atoms with Gasteiger partial charge in [-0.1, -0.05) is 31.5 Å². The van der Waals surface area contributed by atoms with E-state index in [0.717, 1.165) is 65.4 Å². The highest BCUT2D eigenvalue weighted by Crippen LogP contribution is 2.28. The van der Waals surface area contributed by atoms with Crippen molar-refractivity contribution in [2.75, 3.05) is 77.0 Å².